The molecule has 2 atom stereocenters. The third-order valence-corrected chi connectivity index (χ3v) is 34.8. The van der Waals surface area contributed by atoms with Crippen LogP contribution in [0.15, 0.2) is 118 Å². The molecule has 0 aromatic heterocycles. The van der Waals surface area contributed by atoms with Gasteiger partial charge in [0.1, 0.15) is 84.7 Å². The van der Waals surface area contributed by atoms with Crippen LogP contribution < -0.4 is 28.4 Å². The zero-order chi connectivity index (χ0) is 99.9. The van der Waals surface area contributed by atoms with Gasteiger partial charge in [0.25, 0.3) is 11.4 Å². The van der Waals surface area contributed by atoms with Crippen molar-refractivity contribution in [2.45, 2.75) is 280 Å². The maximum Gasteiger partial charge on any atom is 0.350 e. The topological polar surface area (TPSA) is 325 Å². The number of ketones is 2. The Balaban J connectivity index is 0.000000279. The van der Waals surface area contributed by atoms with Gasteiger partial charge in [-0.25, -0.2) is 24.1 Å². The lowest BCUT2D eigenvalue weighted by Gasteiger charge is -2.20. The smallest absolute Gasteiger partial charge is 0.350 e. The maximum absolute atomic E-state index is 13.2. The van der Waals surface area contributed by atoms with E-state index in [1.807, 2.05) is 75.3 Å². The maximum atomic E-state index is 13.2. The van der Waals surface area contributed by atoms with E-state index in [9.17, 15) is 44.6 Å². The summed E-state index contributed by atoms with van der Waals surface area (Å²) in [6.45, 7) is 68.2. The predicted molar refractivity (Wildman–Crippen MR) is 543 cm³/mol. The second kappa shape index (κ2) is 59.1. The molecule has 0 saturated heterocycles. The van der Waals surface area contributed by atoms with Crippen molar-refractivity contribution >= 4 is 177 Å². The molecule has 9 rings (SSSR count). The molecule has 0 spiro atoms. The molecule has 3 aromatic rings. The molecule has 2 unspecified atom stereocenters. The molecule has 0 amide bonds. The number of unbranched alkanes of at least 4 members (excludes halogenated alkanes) is 2. The Morgan fingerprint density at radius 2 is 0.588 bits per heavy atom. The van der Waals surface area contributed by atoms with E-state index in [1.54, 1.807) is 41.5 Å². The summed E-state index contributed by atoms with van der Waals surface area (Å²) in [5, 5.41) is 30.1. The number of carbonyl (C=O) groups is 6. The number of ether oxygens (including phenoxy) is 15. The van der Waals surface area contributed by atoms with Crippen LogP contribution in [0.25, 0.3) is 14.5 Å². The number of fused-ring (bicyclic) bond motifs is 6. The van der Waals surface area contributed by atoms with Gasteiger partial charge in [0.15, 0.2) is 22.7 Å². The van der Waals surface area contributed by atoms with Crippen LogP contribution in [-0.4, -0.2) is 167 Å². The molecule has 6 aliphatic rings. The molecule has 27 nitrogen and oxygen atoms in total. The first kappa shape index (κ1) is 116. The third-order valence-electron chi connectivity index (χ3n) is 19.3. The van der Waals surface area contributed by atoms with Gasteiger partial charge in [-0.2, -0.15) is 15.8 Å². The van der Waals surface area contributed by atoms with Crippen LogP contribution in [0.1, 0.15) is 209 Å². The first-order chi connectivity index (χ1) is 65.3. The fraction of sp³-hybridized carbons (Fsp3) is 0.567. The van der Waals surface area contributed by atoms with Crippen molar-refractivity contribution in [3.8, 4) is 52.7 Å². The van der Waals surface area contributed by atoms with Gasteiger partial charge in [-0.15, -0.1) is 0 Å². The summed E-state index contributed by atoms with van der Waals surface area (Å²) in [5.74, 6) is 0.685. The molecule has 0 N–H and O–H groups in total. The molecular weight excluding hydrogens is 1970 g/mol. The Kier molecular flexibility index (Phi) is 50.4. The monoisotopic (exact) mass is 2090 g/mol. The van der Waals surface area contributed by atoms with Crippen molar-refractivity contribution in [3.05, 3.63) is 93.5 Å². The van der Waals surface area contributed by atoms with Crippen molar-refractivity contribution in [1.29, 1.82) is 15.8 Å². The fourth-order valence-corrected chi connectivity index (χ4v) is 28.5. The van der Waals surface area contributed by atoms with Crippen molar-refractivity contribution in [1.82, 2.24) is 0 Å². The van der Waals surface area contributed by atoms with E-state index in [2.05, 4.69) is 54.4 Å². The average Bonchev–Trinajstić information content (AvgIpc) is 1.59. The van der Waals surface area contributed by atoms with Gasteiger partial charge >= 0.3 is 23.9 Å². The van der Waals surface area contributed by atoms with Crippen LogP contribution in [0, 0.1) is 76.4 Å². The molecule has 0 saturated carbocycles. The van der Waals surface area contributed by atoms with Gasteiger partial charge in [-0.05, 0) is 92.4 Å². The van der Waals surface area contributed by atoms with Crippen molar-refractivity contribution in [2.24, 2.45) is 22.7 Å². The Labute approximate surface area is 852 Å². The van der Waals surface area contributed by atoms with Crippen LogP contribution in [0.5, 0.6) is 34.5 Å². The standard InChI is InChI=1S/C36H48N2O6S4.C32H40N2O10S4.C29H34N2O5S4/c1-10-14-16-23(12-3)19-41-33(39)25(18-37)35-45-29-27(43-21(5)6)31-32(28(30(29)46-35)44-22(7)8)48-36(47-31)26(38-9)34(40)42-20-24(13-4)17-15-11-2;1-6-10-39-15-19-44-30(36)22(34-5)32-47-27-23(41-11-7-2)25-26(24(28(27)48-32)42-17-14-38-9-4)46-31(45-25)21(20-33)29(35)43-18-16-40-13-12-37-8-3;1-10-12-35-18-20-21(38-26(37-20)16(15-30)24(32)28(3,4)5)19(36-14-13-34-11-2)23-22(18)39-27(40-23)17(31-9)25(33)29(6,7)8/h21-24H,10-17,19-20H2,1-8H3;6-19H2,1-4H3;10-14H2,1-8H3/b;31-21+,32-22+;26-16+,27-17+. The van der Waals surface area contributed by atoms with Crippen LogP contribution in [0.3, 0.4) is 0 Å². The Morgan fingerprint density at radius 1 is 0.316 bits per heavy atom. The van der Waals surface area contributed by atoms with Gasteiger partial charge in [0, 0.05) is 37.3 Å². The Morgan fingerprint density at radius 3 is 0.897 bits per heavy atom. The summed E-state index contributed by atoms with van der Waals surface area (Å²) in [6, 6.07) is 6.24. The number of benzene rings is 3. The van der Waals surface area contributed by atoms with Crippen molar-refractivity contribution in [3.63, 3.8) is 0 Å². The van der Waals surface area contributed by atoms with E-state index in [1.165, 1.54) is 141 Å². The number of nitriles is 3. The molecule has 6 aliphatic heterocycles. The quantitative estimate of drug-likeness (QED) is 0.0127. The highest BCUT2D eigenvalue weighted by atomic mass is 32.2. The van der Waals surface area contributed by atoms with Crippen LogP contribution in [0.2, 0.25) is 0 Å². The lowest BCUT2D eigenvalue weighted by atomic mass is 9.87. The lowest BCUT2D eigenvalue weighted by Crippen LogP contribution is -2.21. The van der Waals surface area contributed by atoms with Crippen LogP contribution in [-0.2, 0) is 71.4 Å². The average molecular weight is 2090 g/mol. The molecule has 738 valence electrons. The summed E-state index contributed by atoms with van der Waals surface area (Å²) < 4.78 is 90.1. The second-order valence-corrected chi connectivity index (χ2v) is 46.5. The van der Waals surface area contributed by atoms with Crippen LogP contribution >= 0.6 is 141 Å². The minimum Gasteiger partial charge on any atom is -0.491 e. The lowest BCUT2D eigenvalue weighted by molar-refractivity contribution is -0.141. The highest BCUT2D eigenvalue weighted by molar-refractivity contribution is 8.27. The highest BCUT2D eigenvalue weighted by Gasteiger charge is 2.46. The first-order valence-corrected chi connectivity index (χ1v) is 55.2. The highest BCUT2D eigenvalue weighted by Crippen LogP contribution is 2.72. The number of allylic oxidation sites excluding steroid dienone is 2. The summed E-state index contributed by atoms with van der Waals surface area (Å²) in [6.07, 6.45) is 9.99. The summed E-state index contributed by atoms with van der Waals surface area (Å²) in [5.41, 5.74) is -1.58. The normalized spacial score (nSPS) is 15.5. The van der Waals surface area contributed by atoms with Gasteiger partial charge in [0.2, 0.25) is 5.70 Å². The SMILES string of the molecule is [C-]#[N+]/C(C(=O)C(C)(C)C)=C1\Sc2c(OCCC)c3c(c(OCCOCC)c2S1)S/C(=C(\C#N)C(=O)C(C)(C)C)S3.[C-]#[N+]/C(C(=O)OCCOCCC)=C1\Sc2c(OCCC)c3c(c(OCCOCC)c2S1)S/C(=C(\C#N)C(=O)OCCOCCOCC)S3.[C-]#[N+]C(C(=O)OCC(CC)CCCC)=C1Sc2c(OC(C)C)c3c(c(OC(C)C)c2S1)SC(=C(C#N)C(=O)OCC(CC)CCCC)S3. The summed E-state index contributed by atoms with van der Waals surface area (Å²) in [7, 11) is 0. The van der Waals surface area contributed by atoms with Gasteiger partial charge < -0.3 is 75.8 Å². The molecule has 39 heteroatoms. The second-order valence-electron chi connectivity index (χ2n) is 32.7. The number of hydrogen-bond donors (Lipinski definition) is 0. The number of esters is 4. The van der Waals surface area contributed by atoms with E-state index < -0.39 is 34.7 Å². The molecular formula is C97H122N6O21S12. The Hall–Kier alpha value is -6.94. The predicted octanol–water partition coefficient (Wildman–Crippen LogP) is 26.0. The molecule has 3 aromatic carbocycles. The number of thioether (sulfide) groups is 12. The van der Waals surface area contributed by atoms with Gasteiger partial charge in [0.05, 0.1) is 182 Å². The van der Waals surface area contributed by atoms with Gasteiger partial charge in [-0.1, -0.05) is 270 Å². The van der Waals surface area contributed by atoms with E-state index in [0.717, 1.165) is 110 Å². The number of rotatable bonds is 50. The van der Waals surface area contributed by atoms with Crippen LogP contribution in [0.4, 0.5) is 0 Å². The van der Waals surface area contributed by atoms with E-state index in [-0.39, 0.29) is 116 Å². The zero-order valence-corrected chi connectivity index (χ0v) is 90.8. The van der Waals surface area contributed by atoms with E-state index >= 15 is 0 Å². The zero-order valence-electron chi connectivity index (χ0n) is 81.0. The van der Waals surface area contributed by atoms with Crippen molar-refractivity contribution in [2.75, 3.05) is 119 Å². The molecule has 6 heterocycles. The Bertz CT molecular complexity index is 5020. The number of carbonyl (C=O) groups excluding carboxylic acids is 6. The molecule has 0 aliphatic carbocycles. The van der Waals surface area contributed by atoms with E-state index in [4.69, 9.17) is 90.8 Å². The van der Waals surface area contributed by atoms with Gasteiger partial charge in [-0.3, -0.25) is 14.4 Å². The number of Topliss-reactive ketones (excluding diaryl/α,β-unsaturated/α-hetero) is 2. The molecule has 0 radical (unpaired) electrons. The molecule has 0 bridgehead atoms. The minimum absolute atomic E-state index is 0.0172. The minimum atomic E-state index is -0.759. The number of hydrogen-bond acceptors (Lipinski definition) is 36. The molecule has 0 fully saturated rings. The fourth-order valence-electron chi connectivity index (χ4n) is 12.4. The van der Waals surface area contributed by atoms with E-state index in [0.29, 0.717) is 152 Å². The summed E-state index contributed by atoms with van der Waals surface area (Å²) in [4.78, 5) is 98.2. The molecule has 136 heavy (non-hydrogen) atoms. The third kappa shape index (κ3) is 32.0. The largest absolute Gasteiger partial charge is 0.491 e. The first-order valence-electron chi connectivity index (χ1n) is 45.4. The van der Waals surface area contributed by atoms with Crippen molar-refractivity contribution < 1.29 is 99.8 Å². The number of nitrogens with zero attached hydrogens (tertiary/aromatic N) is 6. The summed E-state index contributed by atoms with van der Waals surface area (Å²) >= 11 is 15.4.